The standard InChI is InChI=1S/C23H24N6O2S/c1-15-12-24-23(32-15)27-21-9-5-7-18(26-21)20-13-28(10-11-31-20)22(30)16(2)29-14-25-17-6-3-4-8-19(17)29/h3-9,12,14,16,20H,10-11,13H2,1-2H3,(H,24,26,27). The number of para-hydroxylation sites is 2. The average molecular weight is 449 g/mol. The van der Waals surface area contributed by atoms with Crippen LogP contribution >= 0.6 is 11.3 Å². The molecule has 4 heterocycles. The van der Waals surface area contributed by atoms with Crippen molar-refractivity contribution in [1.82, 2.24) is 24.4 Å². The highest BCUT2D eigenvalue weighted by Gasteiger charge is 2.30. The van der Waals surface area contributed by atoms with Crippen molar-refractivity contribution >= 4 is 39.2 Å². The van der Waals surface area contributed by atoms with Gasteiger partial charge in [-0.3, -0.25) is 4.79 Å². The number of hydrogen-bond acceptors (Lipinski definition) is 7. The molecule has 164 valence electrons. The van der Waals surface area contributed by atoms with Gasteiger partial charge in [0.2, 0.25) is 5.91 Å². The summed E-state index contributed by atoms with van der Waals surface area (Å²) < 4.78 is 7.91. The maximum atomic E-state index is 13.3. The van der Waals surface area contributed by atoms with Crippen molar-refractivity contribution in [1.29, 1.82) is 0 Å². The first-order valence-electron chi connectivity index (χ1n) is 10.6. The first-order valence-corrected chi connectivity index (χ1v) is 11.4. The van der Waals surface area contributed by atoms with Gasteiger partial charge in [-0.25, -0.2) is 15.0 Å². The number of nitrogens with one attached hydrogen (secondary N) is 1. The second-order valence-corrected chi connectivity index (χ2v) is 9.04. The number of imidazole rings is 1. The van der Waals surface area contributed by atoms with Gasteiger partial charge >= 0.3 is 0 Å². The van der Waals surface area contributed by atoms with Gasteiger partial charge in [-0.1, -0.05) is 18.2 Å². The number of aryl methyl sites for hydroxylation is 1. The van der Waals surface area contributed by atoms with Gasteiger partial charge in [0, 0.05) is 17.6 Å². The van der Waals surface area contributed by atoms with E-state index in [0.717, 1.165) is 26.7 Å². The van der Waals surface area contributed by atoms with E-state index >= 15 is 0 Å². The Morgan fingerprint density at radius 3 is 2.94 bits per heavy atom. The van der Waals surface area contributed by atoms with Gasteiger partial charge in [-0.2, -0.15) is 0 Å². The van der Waals surface area contributed by atoms with E-state index in [1.54, 1.807) is 17.7 Å². The van der Waals surface area contributed by atoms with Gasteiger partial charge in [-0.05, 0) is 38.1 Å². The third-order valence-corrected chi connectivity index (χ3v) is 6.42. The normalized spacial score (nSPS) is 17.4. The minimum absolute atomic E-state index is 0.0500. The minimum Gasteiger partial charge on any atom is -0.368 e. The number of carbonyl (C=O) groups is 1. The van der Waals surface area contributed by atoms with Gasteiger partial charge in [0.25, 0.3) is 0 Å². The molecule has 1 amide bonds. The molecule has 2 unspecified atom stereocenters. The monoisotopic (exact) mass is 448 g/mol. The van der Waals surface area contributed by atoms with Crippen molar-refractivity contribution < 1.29 is 9.53 Å². The second-order valence-electron chi connectivity index (χ2n) is 7.81. The van der Waals surface area contributed by atoms with E-state index in [0.29, 0.717) is 25.5 Å². The first kappa shape index (κ1) is 20.6. The van der Waals surface area contributed by atoms with Crippen LogP contribution in [0.15, 0.2) is 55.0 Å². The highest BCUT2D eigenvalue weighted by molar-refractivity contribution is 7.15. The molecule has 0 saturated carbocycles. The Bertz CT molecular complexity index is 1250. The minimum atomic E-state index is -0.352. The molecule has 9 heteroatoms. The second kappa shape index (κ2) is 8.68. The Balaban J connectivity index is 1.31. The molecule has 1 fully saturated rings. The van der Waals surface area contributed by atoms with Gasteiger partial charge in [0.15, 0.2) is 5.13 Å². The molecule has 4 aromatic rings. The molecule has 1 saturated heterocycles. The molecule has 0 radical (unpaired) electrons. The molecule has 32 heavy (non-hydrogen) atoms. The van der Waals surface area contributed by atoms with Crippen LogP contribution < -0.4 is 5.32 Å². The fourth-order valence-electron chi connectivity index (χ4n) is 3.92. The summed E-state index contributed by atoms with van der Waals surface area (Å²) in [4.78, 5) is 29.8. The fraction of sp³-hybridized carbons (Fsp3) is 0.304. The van der Waals surface area contributed by atoms with E-state index in [4.69, 9.17) is 9.72 Å². The Labute approximate surface area is 189 Å². The molecule has 1 N–H and O–H groups in total. The summed E-state index contributed by atoms with van der Waals surface area (Å²) in [6.07, 6.45) is 3.29. The summed E-state index contributed by atoms with van der Waals surface area (Å²) in [7, 11) is 0. The van der Waals surface area contributed by atoms with Gasteiger partial charge in [-0.15, -0.1) is 11.3 Å². The zero-order valence-electron chi connectivity index (χ0n) is 17.9. The molecule has 0 bridgehead atoms. The van der Waals surface area contributed by atoms with Gasteiger partial charge in [0.05, 0.1) is 36.2 Å². The molecule has 0 aliphatic carbocycles. The predicted octanol–water partition coefficient (Wildman–Crippen LogP) is 4.10. The number of morpholine rings is 1. The van der Waals surface area contributed by atoms with Gasteiger partial charge in [0.1, 0.15) is 18.0 Å². The van der Waals surface area contributed by atoms with Crippen molar-refractivity contribution in [3.05, 3.63) is 65.6 Å². The summed E-state index contributed by atoms with van der Waals surface area (Å²) in [5.41, 5.74) is 2.63. The third-order valence-electron chi connectivity index (χ3n) is 5.59. The lowest BCUT2D eigenvalue weighted by atomic mass is 10.1. The van der Waals surface area contributed by atoms with E-state index in [9.17, 15) is 4.79 Å². The van der Waals surface area contributed by atoms with Crippen LogP contribution in [0.25, 0.3) is 11.0 Å². The lowest BCUT2D eigenvalue weighted by Gasteiger charge is -2.34. The summed E-state index contributed by atoms with van der Waals surface area (Å²) in [6.45, 7) is 5.42. The average Bonchev–Trinajstić information content (AvgIpc) is 3.44. The predicted molar refractivity (Wildman–Crippen MR) is 124 cm³/mol. The van der Waals surface area contributed by atoms with Crippen molar-refractivity contribution in [3.63, 3.8) is 0 Å². The Hall–Kier alpha value is -3.30. The number of amides is 1. The van der Waals surface area contributed by atoms with E-state index in [-0.39, 0.29) is 18.1 Å². The van der Waals surface area contributed by atoms with Crippen LogP contribution in [-0.4, -0.2) is 50.0 Å². The molecular weight excluding hydrogens is 424 g/mol. The number of thiazole rings is 1. The third kappa shape index (κ3) is 4.09. The molecule has 1 aromatic carbocycles. The Morgan fingerprint density at radius 1 is 1.22 bits per heavy atom. The van der Waals surface area contributed by atoms with E-state index in [1.165, 1.54) is 0 Å². The SMILES string of the molecule is Cc1cnc(Nc2cccc(C3CN(C(=O)C(C)n4cnc5ccccc54)CCO3)n2)s1. The lowest BCUT2D eigenvalue weighted by molar-refractivity contribution is -0.142. The molecular formula is C23H24N6O2S. The molecule has 2 atom stereocenters. The number of aromatic nitrogens is 4. The number of pyridine rings is 1. The highest BCUT2D eigenvalue weighted by Crippen LogP contribution is 2.26. The largest absolute Gasteiger partial charge is 0.368 e. The summed E-state index contributed by atoms with van der Waals surface area (Å²) >= 11 is 1.58. The number of nitrogens with zero attached hydrogens (tertiary/aromatic N) is 5. The van der Waals surface area contributed by atoms with Crippen LogP contribution in [0.3, 0.4) is 0 Å². The molecule has 5 rings (SSSR count). The van der Waals surface area contributed by atoms with Gasteiger partial charge < -0.3 is 19.5 Å². The van der Waals surface area contributed by atoms with Crippen LogP contribution in [0.2, 0.25) is 0 Å². The van der Waals surface area contributed by atoms with Crippen molar-refractivity contribution in [2.24, 2.45) is 0 Å². The van der Waals surface area contributed by atoms with Crippen molar-refractivity contribution in [2.75, 3.05) is 25.0 Å². The maximum Gasteiger partial charge on any atom is 0.245 e. The molecule has 3 aromatic heterocycles. The Kier molecular flexibility index (Phi) is 5.59. The van der Waals surface area contributed by atoms with E-state index < -0.39 is 0 Å². The fourth-order valence-corrected chi connectivity index (χ4v) is 4.59. The highest BCUT2D eigenvalue weighted by atomic mass is 32.1. The molecule has 1 aliphatic rings. The van der Waals surface area contributed by atoms with Crippen LogP contribution in [0.1, 0.15) is 29.6 Å². The summed E-state index contributed by atoms with van der Waals surface area (Å²) in [5, 5.41) is 4.04. The number of benzene rings is 1. The number of fused-ring (bicyclic) bond motifs is 1. The van der Waals surface area contributed by atoms with Crippen LogP contribution in [0, 0.1) is 6.92 Å². The van der Waals surface area contributed by atoms with Crippen LogP contribution in [0.5, 0.6) is 0 Å². The molecule has 8 nitrogen and oxygen atoms in total. The smallest absolute Gasteiger partial charge is 0.245 e. The van der Waals surface area contributed by atoms with Crippen molar-refractivity contribution in [2.45, 2.75) is 26.0 Å². The van der Waals surface area contributed by atoms with E-state index in [2.05, 4.69) is 15.3 Å². The zero-order valence-corrected chi connectivity index (χ0v) is 18.7. The number of ether oxygens (including phenoxy) is 1. The number of hydrogen-bond donors (Lipinski definition) is 1. The first-order chi connectivity index (χ1) is 15.6. The van der Waals surface area contributed by atoms with Crippen LogP contribution in [0.4, 0.5) is 10.9 Å². The van der Waals surface area contributed by atoms with E-state index in [1.807, 2.05) is 72.0 Å². The lowest BCUT2D eigenvalue weighted by Crippen LogP contribution is -2.45. The molecule has 1 aliphatic heterocycles. The number of carbonyl (C=O) groups excluding carboxylic acids is 1. The quantitative estimate of drug-likeness (QED) is 0.495. The number of rotatable bonds is 5. The van der Waals surface area contributed by atoms with Crippen LogP contribution in [-0.2, 0) is 9.53 Å². The summed E-state index contributed by atoms with van der Waals surface area (Å²) in [5.74, 6) is 0.760. The van der Waals surface area contributed by atoms with Crippen molar-refractivity contribution in [3.8, 4) is 0 Å². The number of anilines is 2. The zero-order chi connectivity index (χ0) is 22.1. The topological polar surface area (TPSA) is 85.2 Å². The summed E-state index contributed by atoms with van der Waals surface area (Å²) in [6, 6.07) is 13.3. The maximum absolute atomic E-state index is 13.3. The Morgan fingerprint density at radius 2 is 2.09 bits per heavy atom. The molecule has 0 spiro atoms.